The number of benzene rings is 2. The van der Waals surface area contributed by atoms with Crippen LogP contribution in [0.2, 0.25) is 15.1 Å². The summed E-state index contributed by atoms with van der Waals surface area (Å²) in [5.41, 5.74) is 1.39. The molecule has 3 aromatic rings. The zero-order valence-corrected chi connectivity index (χ0v) is 18.2. The molecule has 1 aromatic heterocycles. The molecule has 0 atom stereocenters. The van der Waals surface area contributed by atoms with E-state index in [4.69, 9.17) is 39.3 Å². The third kappa shape index (κ3) is 4.95. The molecular weight excluding hydrogens is 447 g/mol. The number of amides is 1. The van der Waals surface area contributed by atoms with Crippen LogP contribution in [0, 0.1) is 5.92 Å². The van der Waals surface area contributed by atoms with Crippen LogP contribution in [0.5, 0.6) is 0 Å². The molecule has 0 spiro atoms. The van der Waals surface area contributed by atoms with E-state index in [0.717, 1.165) is 31.5 Å². The number of hydrogen-bond donors (Lipinski definition) is 1. The van der Waals surface area contributed by atoms with Gasteiger partial charge in [0.25, 0.3) is 0 Å². The lowest BCUT2D eigenvalue weighted by Gasteiger charge is -2.30. The fraction of sp³-hybridized carbons (Fsp3) is 0.286. The van der Waals surface area contributed by atoms with E-state index in [9.17, 15) is 4.79 Å². The van der Waals surface area contributed by atoms with Crippen molar-refractivity contribution < 1.29 is 9.32 Å². The minimum absolute atomic E-state index is 0.00756. The number of rotatable bonds is 5. The Hall–Kier alpha value is -2.12. The first-order chi connectivity index (χ1) is 14.5. The lowest BCUT2D eigenvalue weighted by molar-refractivity contribution is -0.121. The first-order valence-electron chi connectivity index (χ1n) is 9.55. The second-order valence-corrected chi connectivity index (χ2v) is 8.38. The van der Waals surface area contributed by atoms with Crippen molar-refractivity contribution >= 4 is 46.4 Å². The molecule has 2 heterocycles. The van der Waals surface area contributed by atoms with Crippen molar-refractivity contribution in [1.29, 1.82) is 0 Å². The van der Waals surface area contributed by atoms with Gasteiger partial charge in [0.05, 0.1) is 21.6 Å². The highest BCUT2D eigenvalue weighted by Gasteiger charge is 2.26. The number of nitrogens with zero attached hydrogens (tertiary/aromatic N) is 3. The predicted octanol–water partition coefficient (Wildman–Crippen LogP) is 5.55. The van der Waals surface area contributed by atoms with Crippen molar-refractivity contribution in [1.82, 2.24) is 15.0 Å². The Balaban J connectivity index is 1.30. The summed E-state index contributed by atoms with van der Waals surface area (Å²) in [7, 11) is 0. The molecular formula is C21H19Cl3N4O2. The molecule has 1 N–H and O–H groups in total. The number of carbonyl (C=O) groups excluding carboxylic acids is 1. The van der Waals surface area contributed by atoms with E-state index < -0.39 is 0 Å². The predicted molar refractivity (Wildman–Crippen MR) is 118 cm³/mol. The van der Waals surface area contributed by atoms with Crippen molar-refractivity contribution in [3.8, 4) is 11.4 Å². The Morgan fingerprint density at radius 2 is 1.83 bits per heavy atom. The maximum Gasteiger partial charge on any atom is 0.241 e. The lowest BCUT2D eigenvalue weighted by atomic mass is 9.96. The molecule has 1 aliphatic rings. The number of anilines is 1. The topological polar surface area (TPSA) is 71.3 Å². The molecule has 0 bridgehead atoms. The van der Waals surface area contributed by atoms with Gasteiger partial charge in [0.2, 0.25) is 17.6 Å². The van der Waals surface area contributed by atoms with E-state index in [-0.39, 0.29) is 11.8 Å². The minimum Gasteiger partial charge on any atom is -0.338 e. The Bertz CT molecular complexity index is 1050. The molecule has 0 aliphatic carbocycles. The van der Waals surface area contributed by atoms with Crippen molar-refractivity contribution in [2.45, 2.75) is 19.4 Å². The van der Waals surface area contributed by atoms with E-state index >= 15 is 0 Å². The number of aromatic nitrogens is 2. The quantitative estimate of drug-likeness (QED) is 0.535. The van der Waals surface area contributed by atoms with Gasteiger partial charge < -0.3 is 9.84 Å². The summed E-state index contributed by atoms with van der Waals surface area (Å²) in [6.07, 6.45) is 1.50. The van der Waals surface area contributed by atoms with Gasteiger partial charge in [-0.05, 0) is 56.3 Å². The van der Waals surface area contributed by atoms with Gasteiger partial charge in [0, 0.05) is 17.2 Å². The number of likely N-dealkylation sites (tertiary alicyclic amines) is 1. The summed E-state index contributed by atoms with van der Waals surface area (Å²) in [5.74, 6) is 0.944. The molecule has 1 fully saturated rings. The van der Waals surface area contributed by atoms with Gasteiger partial charge in [-0.15, -0.1) is 0 Å². The molecule has 0 radical (unpaired) electrons. The Morgan fingerprint density at radius 1 is 1.07 bits per heavy atom. The van der Waals surface area contributed by atoms with Crippen molar-refractivity contribution in [3.63, 3.8) is 0 Å². The van der Waals surface area contributed by atoms with Gasteiger partial charge in [0.1, 0.15) is 0 Å². The van der Waals surface area contributed by atoms with Crippen LogP contribution < -0.4 is 5.32 Å². The van der Waals surface area contributed by atoms with Crippen LogP contribution in [0.15, 0.2) is 47.0 Å². The average molecular weight is 466 g/mol. The highest BCUT2D eigenvalue weighted by atomic mass is 35.5. The Labute approximate surface area is 189 Å². The van der Waals surface area contributed by atoms with E-state index in [1.165, 1.54) is 0 Å². The smallest absolute Gasteiger partial charge is 0.241 e. The fourth-order valence-electron chi connectivity index (χ4n) is 3.43. The Morgan fingerprint density at radius 3 is 2.57 bits per heavy atom. The number of nitrogens with one attached hydrogen (secondary N) is 1. The molecule has 0 saturated carbocycles. The molecule has 0 unspecified atom stereocenters. The molecule has 6 nitrogen and oxygen atoms in total. The van der Waals surface area contributed by atoms with Crippen LogP contribution >= 0.6 is 34.8 Å². The van der Waals surface area contributed by atoms with Gasteiger partial charge in [-0.1, -0.05) is 52.1 Å². The summed E-state index contributed by atoms with van der Waals surface area (Å²) in [4.78, 5) is 19.2. The zero-order valence-electron chi connectivity index (χ0n) is 15.9. The largest absolute Gasteiger partial charge is 0.338 e. The second-order valence-electron chi connectivity index (χ2n) is 7.16. The molecule has 1 saturated heterocycles. The van der Waals surface area contributed by atoms with Gasteiger partial charge in [-0.25, -0.2) is 0 Å². The molecule has 1 aliphatic heterocycles. The number of halogens is 3. The summed E-state index contributed by atoms with van der Waals surface area (Å²) >= 11 is 18.1. The van der Waals surface area contributed by atoms with Crippen LogP contribution in [-0.2, 0) is 11.3 Å². The van der Waals surface area contributed by atoms with Crippen LogP contribution in [0.1, 0.15) is 18.7 Å². The monoisotopic (exact) mass is 464 g/mol. The van der Waals surface area contributed by atoms with Crippen molar-refractivity contribution in [3.05, 3.63) is 63.4 Å². The maximum atomic E-state index is 12.6. The second kappa shape index (κ2) is 9.35. The first-order valence-corrected chi connectivity index (χ1v) is 10.7. The van der Waals surface area contributed by atoms with Crippen LogP contribution in [0.3, 0.4) is 0 Å². The summed E-state index contributed by atoms with van der Waals surface area (Å²) < 4.78 is 5.39. The van der Waals surface area contributed by atoms with E-state index in [1.807, 2.05) is 18.2 Å². The number of piperidine rings is 1. The number of hydrogen-bond acceptors (Lipinski definition) is 5. The van der Waals surface area contributed by atoms with E-state index in [0.29, 0.717) is 39.0 Å². The lowest BCUT2D eigenvalue weighted by Crippen LogP contribution is -2.37. The van der Waals surface area contributed by atoms with Crippen LogP contribution in [0.4, 0.5) is 5.69 Å². The minimum atomic E-state index is -0.0583. The normalized spacial score (nSPS) is 15.3. The van der Waals surface area contributed by atoms with E-state index in [2.05, 4.69) is 20.4 Å². The van der Waals surface area contributed by atoms with Crippen LogP contribution in [0.25, 0.3) is 11.4 Å². The van der Waals surface area contributed by atoms with Gasteiger partial charge >= 0.3 is 0 Å². The first kappa shape index (κ1) is 21.1. The molecule has 30 heavy (non-hydrogen) atoms. The SMILES string of the molecule is O=C(Nc1ccc(Cl)c(Cl)c1)C1CCN(Cc2nc(-c3ccccc3Cl)no2)CC1. The molecule has 156 valence electrons. The zero-order chi connectivity index (χ0) is 21.1. The average Bonchev–Trinajstić information content (AvgIpc) is 3.20. The molecule has 1 amide bonds. The number of carbonyl (C=O) groups is 1. The molecule has 9 heteroatoms. The van der Waals surface area contributed by atoms with E-state index in [1.54, 1.807) is 24.3 Å². The summed E-state index contributed by atoms with van der Waals surface area (Å²) in [6.45, 7) is 2.07. The molecule has 2 aromatic carbocycles. The van der Waals surface area contributed by atoms with Gasteiger partial charge in [-0.3, -0.25) is 9.69 Å². The highest BCUT2D eigenvalue weighted by molar-refractivity contribution is 6.42. The maximum absolute atomic E-state index is 12.6. The van der Waals surface area contributed by atoms with Gasteiger partial charge in [-0.2, -0.15) is 4.98 Å². The summed E-state index contributed by atoms with van der Waals surface area (Å²) in [6, 6.07) is 12.5. The van der Waals surface area contributed by atoms with Crippen molar-refractivity contribution in [2.24, 2.45) is 5.92 Å². The molecule has 4 rings (SSSR count). The fourth-order valence-corrected chi connectivity index (χ4v) is 3.95. The summed E-state index contributed by atoms with van der Waals surface area (Å²) in [5, 5.41) is 8.41. The van der Waals surface area contributed by atoms with Gasteiger partial charge in [0.15, 0.2) is 0 Å². The third-order valence-electron chi connectivity index (χ3n) is 5.09. The highest BCUT2D eigenvalue weighted by Crippen LogP contribution is 2.27. The van der Waals surface area contributed by atoms with Crippen LogP contribution in [-0.4, -0.2) is 34.0 Å². The van der Waals surface area contributed by atoms with Crippen molar-refractivity contribution in [2.75, 3.05) is 18.4 Å². The third-order valence-corrected chi connectivity index (χ3v) is 6.16. The standard InChI is InChI=1S/C21H19Cl3N4O2/c22-16-4-2-1-3-15(16)20-26-19(30-27-20)12-28-9-7-13(8-10-28)21(29)25-14-5-6-17(23)18(24)11-14/h1-6,11,13H,7-10,12H2,(H,25,29). The Kier molecular flexibility index (Phi) is 6.58.